The molecule has 2 aliphatic heterocycles. The van der Waals surface area contributed by atoms with Gasteiger partial charge in [0.1, 0.15) is 6.04 Å². The van der Waals surface area contributed by atoms with Gasteiger partial charge in [-0.2, -0.15) is 0 Å². The van der Waals surface area contributed by atoms with Gasteiger partial charge in [-0.3, -0.25) is 0 Å². The number of carbonyl (C=O) groups is 2. The lowest BCUT2D eigenvalue weighted by atomic mass is 10.0. The van der Waals surface area contributed by atoms with Gasteiger partial charge in [-0.05, 0) is 26.2 Å². The summed E-state index contributed by atoms with van der Waals surface area (Å²) < 4.78 is 0. The Hall–Kier alpha value is -0.910. The van der Waals surface area contributed by atoms with E-state index in [2.05, 4.69) is 0 Å². The van der Waals surface area contributed by atoms with Crippen molar-refractivity contribution in [3.63, 3.8) is 0 Å². The van der Waals surface area contributed by atoms with Gasteiger partial charge < -0.3 is 14.9 Å². The van der Waals surface area contributed by atoms with Gasteiger partial charge in [-0.1, -0.05) is 0 Å². The molecule has 5 nitrogen and oxygen atoms in total. The summed E-state index contributed by atoms with van der Waals surface area (Å²) in [6, 6.07) is -0.521. The molecule has 2 saturated heterocycles. The second-order valence-corrected chi connectivity index (χ2v) is 5.64. The maximum atomic E-state index is 12.3. The van der Waals surface area contributed by atoms with Crippen molar-refractivity contribution in [1.82, 2.24) is 9.80 Å². The third-order valence-corrected chi connectivity index (χ3v) is 4.47. The number of piperidine rings is 1. The van der Waals surface area contributed by atoms with Crippen molar-refractivity contribution in [3.8, 4) is 0 Å². The van der Waals surface area contributed by atoms with Gasteiger partial charge in [0.25, 0.3) is 0 Å². The highest BCUT2D eigenvalue weighted by molar-refractivity contribution is 7.99. The highest BCUT2D eigenvalue weighted by Gasteiger charge is 2.38. The number of nitrogens with zero attached hydrogens (tertiary/aromatic N) is 2. The van der Waals surface area contributed by atoms with Crippen molar-refractivity contribution in [2.75, 3.05) is 18.2 Å². The molecular formula is C11H18N2O3S. The first-order chi connectivity index (χ1) is 8.11. The molecule has 2 amide bonds. The van der Waals surface area contributed by atoms with Crippen molar-refractivity contribution in [2.45, 2.75) is 38.3 Å². The Morgan fingerprint density at radius 3 is 2.71 bits per heavy atom. The number of amides is 2. The standard InChI is InChI=1S/C11H18N2O3S/c1-8-4-2-3-5-12(8)11(16)13-7-17-6-9(13)10(14)15/h8-9H,2-7H2,1H3,(H,14,15). The summed E-state index contributed by atoms with van der Waals surface area (Å²) in [5.74, 6) is 0.107. The lowest BCUT2D eigenvalue weighted by molar-refractivity contribution is -0.141. The van der Waals surface area contributed by atoms with E-state index in [0.29, 0.717) is 11.6 Å². The maximum absolute atomic E-state index is 12.3. The first kappa shape index (κ1) is 12.5. The second-order valence-electron chi connectivity index (χ2n) is 4.64. The van der Waals surface area contributed by atoms with E-state index < -0.39 is 12.0 Å². The Morgan fingerprint density at radius 2 is 2.06 bits per heavy atom. The summed E-state index contributed by atoms with van der Waals surface area (Å²) in [6.45, 7) is 2.80. The molecule has 0 radical (unpaired) electrons. The second kappa shape index (κ2) is 5.16. The van der Waals surface area contributed by atoms with Gasteiger partial charge in [0, 0.05) is 18.3 Å². The van der Waals surface area contributed by atoms with Gasteiger partial charge in [0.15, 0.2) is 0 Å². The fourth-order valence-corrected chi connectivity index (χ4v) is 3.52. The van der Waals surface area contributed by atoms with Crippen molar-refractivity contribution >= 4 is 23.8 Å². The Bertz CT molecular complexity index is 324. The number of likely N-dealkylation sites (tertiary alicyclic amines) is 1. The topological polar surface area (TPSA) is 60.9 Å². The van der Waals surface area contributed by atoms with Gasteiger partial charge in [0.2, 0.25) is 0 Å². The summed E-state index contributed by atoms with van der Waals surface area (Å²) in [5, 5.41) is 9.07. The number of thioether (sulfide) groups is 1. The van der Waals surface area contributed by atoms with Crippen LogP contribution in [0.15, 0.2) is 0 Å². The van der Waals surface area contributed by atoms with Crippen LogP contribution in [0.2, 0.25) is 0 Å². The van der Waals surface area contributed by atoms with Crippen molar-refractivity contribution < 1.29 is 14.7 Å². The lowest BCUT2D eigenvalue weighted by Gasteiger charge is -2.37. The zero-order valence-electron chi connectivity index (χ0n) is 9.96. The molecule has 2 unspecified atom stereocenters. The largest absolute Gasteiger partial charge is 0.480 e. The summed E-state index contributed by atoms with van der Waals surface area (Å²) in [7, 11) is 0. The summed E-state index contributed by atoms with van der Waals surface area (Å²) in [5.41, 5.74) is 0. The molecule has 6 heteroatoms. The van der Waals surface area contributed by atoms with Crippen LogP contribution in [0.5, 0.6) is 0 Å². The molecule has 2 fully saturated rings. The van der Waals surface area contributed by atoms with E-state index in [9.17, 15) is 9.59 Å². The van der Waals surface area contributed by atoms with Crippen LogP contribution in [0.1, 0.15) is 26.2 Å². The van der Waals surface area contributed by atoms with E-state index in [1.54, 1.807) is 0 Å². The lowest BCUT2D eigenvalue weighted by Crippen LogP contribution is -2.52. The van der Waals surface area contributed by atoms with E-state index in [1.165, 1.54) is 16.7 Å². The normalized spacial score (nSPS) is 29.5. The van der Waals surface area contributed by atoms with Crippen molar-refractivity contribution in [2.24, 2.45) is 0 Å². The van der Waals surface area contributed by atoms with Crippen molar-refractivity contribution in [1.29, 1.82) is 0 Å². The quantitative estimate of drug-likeness (QED) is 0.773. The van der Waals surface area contributed by atoms with E-state index in [-0.39, 0.29) is 12.1 Å². The first-order valence-electron chi connectivity index (χ1n) is 5.99. The van der Waals surface area contributed by atoms with Gasteiger partial charge in [0.05, 0.1) is 5.88 Å². The first-order valence-corrected chi connectivity index (χ1v) is 7.14. The molecular weight excluding hydrogens is 240 g/mol. The Kier molecular flexibility index (Phi) is 3.81. The number of aliphatic carboxylic acids is 1. The van der Waals surface area contributed by atoms with E-state index in [0.717, 1.165) is 25.8 Å². The van der Waals surface area contributed by atoms with Crippen LogP contribution in [0.3, 0.4) is 0 Å². The predicted octanol–water partition coefficient (Wildman–Crippen LogP) is 1.44. The van der Waals surface area contributed by atoms with E-state index in [4.69, 9.17) is 5.11 Å². The minimum atomic E-state index is -0.895. The maximum Gasteiger partial charge on any atom is 0.327 e. The smallest absolute Gasteiger partial charge is 0.327 e. The van der Waals surface area contributed by atoms with Crippen molar-refractivity contribution in [3.05, 3.63) is 0 Å². The summed E-state index contributed by atoms with van der Waals surface area (Å²) >= 11 is 1.51. The molecule has 2 rings (SSSR count). The number of hydrogen-bond acceptors (Lipinski definition) is 3. The summed E-state index contributed by atoms with van der Waals surface area (Å²) in [6.07, 6.45) is 3.20. The third-order valence-electron chi connectivity index (χ3n) is 3.46. The van der Waals surface area contributed by atoms with Crippen LogP contribution in [-0.2, 0) is 4.79 Å². The highest BCUT2D eigenvalue weighted by Crippen LogP contribution is 2.25. The minimum Gasteiger partial charge on any atom is -0.480 e. The molecule has 17 heavy (non-hydrogen) atoms. The molecule has 0 aromatic carbocycles. The Balaban J connectivity index is 2.05. The third kappa shape index (κ3) is 2.51. The molecule has 0 aromatic heterocycles. The molecule has 0 aliphatic carbocycles. The van der Waals surface area contributed by atoms with Crippen LogP contribution < -0.4 is 0 Å². The predicted molar refractivity (Wildman–Crippen MR) is 66.0 cm³/mol. The molecule has 0 bridgehead atoms. The van der Waals surface area contributed by atoms with Crippen LogP contribution in [0, 0.1) is 0 Å². The minimum absolute atomic E-state index is 0.102. The molecule has 2 atom stereocenters. The summed E-state index contributed by atoms with van der Waals surface area (Å²) in [4.78, 5) is 26.7. The zero-order chi connectivity index (χ0) is 12.4. The molecule has 2 aliphatic rings. The zero-order valence-corrected chi connectivity index (χ0v) is 10.8. The molecule has 0 saturated carbocycles. The highest BCUT2D eigenvalue weighted by atomic mass is 32.2. The van der Waals surface area contributed by atoms with Gasteiger partial charge >= 0.3 is 12.0 Å². The molecule has 96 valence electrons. The van der Waals surface area contributed by atoms with Gasteiger partial charge in [-0.15, -0.1) is 11.8 Å². The molecule has 0 spiro atoms. The Labute approximate surface area is 105 Å². The average molecular weight is 258 g/mol. The van der Waals surface area contributed by atoms with Crippen LogP contribution in [0.25, 0.3) is 0 Å². The van der Waals surface area contributed by atoms with Crippen LogP contribution in [0.4, 0.5) is 4.79 Å². The molecule has 1 N–H and O–H groups in total. The number of urea groups is 1. The number of carboxylic acids is 1. The monoisotopic (exact) mass is 258 g/mol. The van der Waals surface area contributed by atoms with Crippen LogP contribution in [-0.4, -0.2) is 57.2 Å². The van der Waals surface area contributed by atoms with Gasteiger partial charge in [-0.25, -0.2) is 9.59 Å². The number of carboxylic acid groups (broad SMARTS) is 1. The average Bonchev–Trinajstić information content (AvgIpc) is 2.77. The molecule has 0 aromatic rings. The fourth-order valence-electron chi connectivity index (χ4n) is 2.38. The number of rotatable bonds is 1. The van der Waals surface area contributed by atoms with E-state index in [1.807, 2.05) is 11.8 Å². The number of hydrogen-bond donors (Lipinski definition) is 1. The molecule has 2 heterocycles. The Morgan fingerprint density at radius 1 is 1.29 bits per heavy atom. The number of carbonyl (C=O) groups excluding carboxylic acids is 1. The SMILES string of the molecule is CC1CCCCN1C(=O)N1CSCC1C(=O)O. The van der Waals surface area contributed by atoms with Crippen LogP contribution >= 0.6 is 11.8 Å². The fraction of sp³-hybridized carbons (Fsp3) is 0.818. The van der Waals surface area contributed by atoms with E-state index >= 15 is 0 Å².